The Morgan fingerprint density at radius 2 is 0.948 bits per heavy atom. The zero-order valence-electron chi connectivity index (χ0n) is 36.7. The van der Waals surface area contributed by atoms with Crippen molar-refractivity contribution in [2.24, 2.45) is 0 Å². The lowest BCUT2D eigenvalue weighted by molar-refractivity contribution is -0.147. The van der Waals surface area contributed by atoms with Gasteiger partial charge in [-0.15, -0.1) is 0 Å². The normalized spacial score (nSPS) is 13.9. The highest BCUT2D eigenvalue weighted by atomic mass is 31.2. The van der Waals surface area contributed by atoms with Gasteiger partial charge >= 0.3 is 13.8 Å². The molecule has 0 fully saturated rings. The molecule has 0 aliphatic heterocycles. The van der Waals surface area contributed by atoms with Gasteiger partial charge in [-0.25, -0.2) is 4.57 Å². The highest BCUT2D eigenvalue weighted by Gasteiger charge is 2.23. The Hall–Kier alpha value is -2.55. The van der Waals surface area contributed by atoms with Gasteiger partial charge in [0.1, 0.15) is 12.7 Å². The molecule has 0 aromatic rings. The van der Waals surface area contributed by atoms with E-state index in [0.29, 0.717) is 12.8 Å². The molecule has 0 bridgehead atoms. The number of carbonyl (C=O) groups is 2. The van der Waals surface area contributed by atoms with Gasteiger partial charge in [0.2, 0.25) is 5.91 Å². The van der Waals surface area contributed by atoms with E-state index >= 15 is 0 Å². The molecule has 0 aromatic heterocycles. The van der Waals surface area contributed by atoms with E-state index in [4.69, 9.17) is 13.8 Å². The molecule has 334 valence electrons. The smallest absolute Gasteiger partial charge is 0.463 e. The third-order valence-corrected chi connectivity index (χ3v) is 10.3. The second-order valence-corrected chi connectivity index (χ2v) is 16.5. The van der Waals surface area contributed by atoms with Gasteiger partial charge in [-0.05, 0) is 83.5 Å². The third-order valence-electron chi connectivity index (χ3n) is 9.36. The van der Waals surface area contributed by atoms with Crippen molar-refractivity contribution in [3.05, 3.63) is 72.9 Å². The molecule has 0 saturated carbocycles. The molecule has 0 aliphatic carbocycles. The fourth-order valence-corrected chi connectivity index (χ4v) is 6.61. The molecule has 0 saturated heterocycles. The average Bonchev–Trinajstić information content (AvgIpc) is 3.21. The van der Waals surface area contributed by atoms with Crippen LogP contribution in [0.15, 0.2) is 72.9 Å². The van der Waals surface area contributed by atoms with Crippen LogP contribution in [0.3, 0.4) is 0 Å². The van der Waals surface area contributed by atoms with Gasteiger partial charge in [-0.2, -0.15) is 0 Å². The first-order valence-electron chi connectivity index (χ1n) is 22.9. The van der Waals surface area contributed by atoms with Crippen LogP contribution in [-0.4, -0.2) is 54.3 Å². The Bertz CT molecular complexity index is 1180. The first-order chi connectivity index (χ1) is 28.3. The van der Waals surface area contributed by atoms with Gasteiger partial charge in [0.15, 0.2) is 0 Å². The molecule has 2 unspecified atom stereocenters. The number of nitrogens with one attached hydrogen (secondary N) is 1. The summed E-state index contributed by atoms with van der Waals surface area (Å²) in [6.07, 6.45) is 54.0. The number of phosphoric ester groups is 1. The summed E-state index contributed by atoms with van der Waals surface area (Å²) in [6.45, 7) is 3.44. The number of esters is 1. The molecule has 0 rings (SSSR count). The molecule has 0 aromatic carbocycles. The van der Waals surface area contributed by atoms with Gasteiger partial charge in [-0.1, -0.05) is 164 Å². The second-order valence-electron chi connectivity index (χ2n) is 15.0. The number of phosphoric acid groups is 1. The third kappa shape index (κ3) is 44.6. The molecule has 1 amide bonds. The second kappa shape index (κ2) is 44.0. The lowest BCUT2D eigenvalue weighted by atomic mass is 10.1. The molecule has 2 atom stereocenters. The van der Waals surface area contributed by atoms with E-state index in [1.807, 2.05) is 0 Å². The molecule has 3 N–H and O–H groups in total. The van der Waals surface area contributed by atoms with Crippen LogP contribution < -0.4 is 5.32 Å². The van der Waals surface area contributed by atoms with E-state index < -0.39 is 26.5 Å². The Balaban J connectivity index is 3.64. The molecule has 58 heavy (non-hydrogen) atoms. The quantitative estimate of drug-likeness (QED) is 0.0240. The number of aliphatic hydroxyl groups is 1. The van der Waals surface area contributed by atoms with Crippen molar-refractivity contribution < 1.29 is 37.9 Å². The Morgan fingerprint density at radius 1 is 0.534 bits per heavy atom. The molecule has 10 heteroatoms. The van der Waals surface area contributed by atoms with E-state index in [2.05, 4.69) is 92.1 Å². The van der Waals surface area contributed by atoms with E-state index in [9.17, 15) is 24.2 Å². The number of ether oxygens (including phenoxy) is 1. The van der Waals surface area contributed by atoms with Crippen LogP contribution in [0.4, 0.5) is 0 Å². The van der Waals surface area contributed by atoms with E-state index in [1.54, 1.807) is 0 Å². The monoisotopic (exact) mass is 834 g/mol. The number of carbonyl (C=O) groups excluding carboxylic acids is 2. The standard InChI is InChI=1S/C48H84NO8P/c1-3-5-7-9-11-13-15-17-19-20-21-22-23-24-25-26-27-28-30-32-34-36-38-40-47(51)49-42-43-56-58(53,54)57-45-46(50)44-55-48(52)41-39-37-35-33-31-29-18-16-14-12-10-8-6-4-2/h10-13,16-19,21-22,24-25,46,50H,3-9,14-15,20,23,26-45H2,1-2H3,(H,49,51)(H,53,54)/b12-10-,13-11-,18-16-,19-17-,22-21-,25-24-. The number of allylic oxidation sites excluding steroid dienone is 12. The number of rotatable bonds is 42. The fraction of sp³-hybridized carbons (Fsp3) is 0.708. The van der Waals surface area contributed by atoms with Gasteiger partial charge in [0, 0.05) is 19.4 Å². The molecule has 0 radical (unpaired) electrons. The van der Waals surface area contributed by atoms with Crippen LogP contribution >= 0.6 is 7.82 Å². The highest BCUT2D eigenvalue weighted by Crippen LogP contribution is 2.42. The van der Waals surface area contributed by atoms with Crippen molar-refractivity contribution >= 4 is 19.7 Å². The van der Waals surface area contributed by atoms with Crippen molar-refractivity contribution in [2.45, 2.75) is 193 Å². The van der Waals surface area contributed by atoms with Crippen molar-refractivity contribution in [3.63, 3.8) is 0 Å². The predicted octanol–water partition coefficient (Wildman–Crippen LogP) is 13.0. The molecular formula is C48H84NO8P. The van der Waals surface area contributed by atoms with Gasteiger partial charge < -0.3 is 20.1 Å². The number of amides is 1. The summed E-state index contributed by atoms with van der Waals surface area (Å²) in [5.41, 5.74) is 0. The summed E-state index contributed by atoms with van der Waals surface area (Å²) in [4.78, 5) is 33.9. The minimum atomic E-state index is -4.43. The predicted molar refractivity (Wildman–Crippen MR) is 243 cm³/mol. The van der Waals surface area contributed by atoms with Crippen LogP contribution in [0.25, 0.3) is 0 Å². The molecule has 0 spiro atoms. The number of unbranched alkanes of at least 4 members (excludes halogenated alkanes) is 17. The summed E-state index contributed by atoms with van der Waals surface area (Å²) < 4.78 is 26.9. The van der Waals surface area contributed by atoms with Crippen molar-refractivity contribution in [2.75, 3.05) is 26.4 Å². The summed E-state index contributed by atoms with van der Waals surface area (Å²) in [5.74, 6) is -0.545. The number of hydrogen-bond donors (Lipinski definition) is 3. The maximum absolute atomic E-state index is 12.1. The first kappa shape index (κ1) is 55.5. The van der Waals surface area contributed by atoms with Crippen LogP contribution in [0.5, 0.6) is 0 Å². The molecule has 0 heterocycles. The van der Waals surface area contributed by atoms with Gasteiger partial charge in [0.25, 0.3) is 0 Å². The zero-order valence-corrected chi connectivity index (χ0v) is 37.6. The van der Waals surface area contributed by atoms with Crippen LogP contribution in [-0.2, 0) is 27.9 Å². The van der Waals surface area contributed by atoms with Gasteiger partial charge in [-0.3, -0.25) is 18.6 Å². The van der Waals surface area contributed by atoms with E-state index in [-0.39, 0.29) is 32.1 Å². The number of aliphatic hydroxyl groups excluding tert-OH is 1. The first-order valence-corrected chi connectivity index (χ1v) is 24.4. The maximum atomic E-state index is 12.1. The molecular weight excluding hydrogens is 750 g/mol. The van der Waals surface area contributed by atoms with E-state index in [1.165, 1.54) is 64.2 Å². The summed E-state index contributed by atoms with van der Waals surface area (Å²) in [5, 5.41) is 12.7. The minimum Gasteiger partial charge on any atom is -0.463 e. The fourth-order valence-electron chi connectivity index (χ4n) is 5.85. The SMILES string of the molecule is CCCC/C=C\C/C=C\CCCCCCCC(=O)OCC(O)COP(=O)(O)OCCNC(=O)CCCCCCCCC/C=C\C/C=C\C/C=C\C/C=C\CCCCC. The lowest BCUT2D eigenvalue weighted by Crippen LogP contribution is -2.27. The van der Waals surface area contributed by atoms with Crippen LogP contribution in [0.2, 0.25) is 0 Å². The molecule has 0 aliphatic rings. The Labute approximate surface area is 354 Å². The maximum Gasteiger partial charge on any atom is 0.472 e. The van der Waals surface area contributed by atoms with Gasteiger partial charge in [0.05, 0.1) is 13.2 Å². The van der Waals surface area contributed by atoms with E-state index in [0.717, 1.165) is 89.9 Å². The minimum absolute atomic E-state index is 0.0699. The lowest BCUT2D eigenvalue weighted by Gasteiger charge is -2.15. The topological polar surface area (TPSA) is 131 Å². The van der Waals surface area contributed by atoms with Crippen LogP contribution in [0, 0.1) is 0 Å². The van der Waals surface area contributed by atoms with Crippen LogP contribution in [0.1, 0.15) is 187 Å². The highest BCUT2D eigenvalue weighted by molar-refractivity contribution is 7.47. The largest absolute Gasteiger partial charge is 0.472 e. The summed E-state index contributed by atoms with van der Waals surface area (Å²) in [6, 6.07) is 0. The zero-order chi connectivity index (χ0) is 42.5. The summed E-state index contributed by atoms with van der Waals surface area (Å²) >= 11 is 0. The Kier molecular flexibility index (Phi) is 42.1. The van der Waals surface area contributed by atoms with Crippen molar-refractivity contribution in [1.29, 1.82) is 0 Å². The summed E-state index contributed by atoms with van der Waals surface area (Å²) in [7, 11) is -4.43. The average molecular weight is 834 g/mol. The molecule has 9 nitrogen and oxygen atoms in total. The number of hydrogen-bond acceptors (Lipinski definition) is 7. The Morgan fingerprint density at radius 3 is 1.45 bits per heavy atom. The van der Waals surface area contributed by atoms with Crippen molar-refractivity contribution in [3.8, 4) is 0 Å². The van der Waals surface area contributed by atoms with Crippen molar-refractivity contribution in [1.82, 2.24) is 5.32 Å².